The monoisotopic (exact) mass is 570 g/mol. The predicted molar refractivity (Wildman–Crippen MR) is 195 cm³/mol. The molecule has 0 fully saturated rings. The van der Waals surface area contributed by atoms with Crippen molar-refractivity contribution in [1.29, 1.82) is 0 Å². The third kappa shape index (κ3) is 9.58. The predicted octanol–water partition coefficient (Wildman–Crippen LogP) is 12.5. The van der Waals surface area contributed by atoms with Gasteiger partial charge in [-0.25, -0.2) is 0 Å². The van der Waals surface area contributed by atoms with Gasteiger partial charge in [-0.05, 0) is 90.9 Å². The summed E-state index contributed by atoms with van der Waals surface area (Å²) in [5.74, 6) is 0.409. The first-order chi connectivity index (χ1) is 19.8. The molecule has 0 aromatic heterocycles. The first kappa shape index (κ1) is 38.1. The summed E-state index contributed by atoms with van der Waals surface area (Å²) in [5, 5.41) is 0. The fourth-order valence-electron chi connectivity index (χ4n) is 3.76. The summed E-state index contributed by atoms with van der Waals surface area (Å²) in [5.41, 5.74) is 9.58. The SMILES string of the molecule is C=C(CCC)C(=C)C(=C)C(=C)C(=C)C(=C)C(=C)C(=C)C(=C)OC(=C)C(=C)C(=C)C(=C)C(=C)C(=C)C(=C)C(=C)C(=C)CCC. The molecular weight excluding hydrogens is 520 g/mol. The Bertz CT molecular complexity index is 1360. The van der Waals surface area contributed by atoms with E-state index in [1.807, 2.05) is 0 Å². The van der Waals surface area contributed by atoms with Gasteiger partial charge in [0.15, 0.2) is 0 Å². The van der Waals surface area contributed by atoms with Crippen LogP contribution < -0.4 is 0 Å². The molecule has 0 aliphatic rings. The Morgan fingerprint density at radius 1 is 0.302 bits per heavy atom. The van der Waals surface area contributed by atoms with Crippen molar-refractivity contribution < 1.29 is 4.74 Å². The molecule has 0 aliphatic carbocycles. The van der Waals surface area contributed by atoms with E-state index >= 15 is 0 Å². The lowest BCUT2D eigenvalue weighted by molar-refractivity contribution is 0.331. The van der Waals surface area contributed by atoms with Crippen LogP contribution in [0.5, 0.6) is 0 Å². The summed E-state index contributed by atoms with van der Waals surface area (Å²) in [4.78, 5) is 0. The molecular formula is C42H50O. The van der Waals surface area contributed by atoms with Gasteiger partial charge < -0.3 is 4.74 Å². The minimum atomic E-state index is 0.205. The molecule has 0 saturated heterocycles. The highest BCUT2D eigenvalue weighted by Gasteiger charge is 2.20. The van der Waals surface area contributed by atoms with Crippen LogP contribution >= 0.6 is 0 Å². The van der Waals surface area contributed by atoms with Gasteiger partial charge in [0, 0.05) is 11.1 Å². The normalized spacial score (nSPS) is 9.81. The zero-order valence-corrected chi connectivity index (χ0v) is 27.0. The standard InChI is InChI=1S/C42H50O/c1-21-23-25(3)27(5)29(7)31(9)33(11)35(13)37(15)39(17)41(19)43-42(20)40(18)38(16)36(14)34(12)32(10)30(8)28(6)26(4)24-22-2/h3-24H2,1-2H3. The summed E-state index contributed by atoms with van der Waals surface area (Å²) in [6.07, 6.45) is 3.54. The molecule has 0 rings (SSSR count). The second-order valence-corrected chi connectivity index (χ2v) is 10.4. The molecule has 0 saturated carbocycles. The maximum absolute atomic E-state index is 5.90. The van der Waals surface area contributed by atoms with Crippen LogP contribution in [0.3, 0.4) is 0 Å². The van der Waals surface area contributed by atoms with E-state index in [4.69, 9.17) is 4.74 Å². The maximum Gasteiger partial charge on any atom is 0.127 e. The quantitative estimate of drug-likeness (QED) is 0.0929. The van der Waals surface area contributed by atoms with Crippen molar-refractivity contribution in [2.75, 3.05) is 0 Å². The number of ether oxygens (including phenoxy) is 1. The molecule has 0 aliphatic heterocycles. The van der Waals surface area contributed by atoms with Gasteiger partial charge in [0.1, 0.15) is 11.5 Å². The molecule has 0 bridgehead atoms. The van der Waals surface area contributed by atoms with Crippen molar-refractivity contribution in [3.8, 4) is 0 Å². The molecule has 0 unspecified atom stereocenters. The Balaban J connectivity index is 5.47. The highest BCUT2D eigenvalue weighted by Crippen LogP contribution is 2.37. The zero-order chi connectivity index (χ0) is 33.9. The van der Waals surface area contributed by atoms with Crippen molar-refractivity contribution >= 4 is 0 Å². The number of rotatable bonds is 22. The van der Waals surface area contributed by atoms with Gasteiger partial charge in [-0.15, -0.1) is 0 Å². The summed E-state index contributed by atoms with van der Waals surface area (Å²) >= 11 is 0. The van der Waals surface area contributed by atoms with Crippen LogP contribution in [-0.4, -0.2) is 0 Å². The van der Waals surface area contributed by atoms with Crippen LogP contribution in [0.4, 0.5) is 0 Å². The molecule has 0 aromatic carbocycles. The molecule has 1 nitrogen and oxygen atoms in total. The van der Waals surface area contributed by atoms with Crippen LogP contribution in [0, 0.1) is 0 Å². The number of hydrogen-bond donors (Lipinski definition) is 0. The molecule has 0 atom stereocenters. The number of allylic oxidation sites excluding steroid dienone is 14. The minimum absolute atomic E-state index is 0.205. The molecule has 0 heterocycles. The Morgan fingerprint density at radius 2 is 0.488 bits per heavy atom. The van der Waals surface area contributed by atoms with Crippen molar-refractivity contribution in [2.45, 2.75) is 39.5 Å². The third-order valence-corrected chi connectivity index (χ3v) is 7.25. The Labute approximate surface area is 262 Å². The van der Waals surface area contributed by atoms with Gasteiger partial charge in [-0.2, -0.15) is 0 Å². The fourth-order valence-corrected chi connectivity index (χ4v) is 3.76. The van der Waals surface area contributed by atoms with Gasteiger partial charge in [-0.3, -0.25) is 0 Å². The molecule has 0 spiro atoms. The Kier molecular flexibility index (Phi) is 14.7. The van der Waals surface area contributed by atoms with E-state index in [1.165, 1.54) is 0 Å². The van der Waals surface area contributed by atoms with Crippen LogP contribution in [0.25, 0.3) is 0 Å². The van der Waals surface area contributed by atoms with E-state index < -0.39 is 0 Å². The average molecular weight is 571 g/mol. The van der Waals surface area contributed by atoms with E-state index in [2.05, 4.69) is 132 Å². The summed E-state index contributed by atoms with van der Waals surface area (Å²) in [7, 11) is 0. The molecule has 0 amide bonds. The zero-order valence-electron chi connectivity index (χ0n) is 27.0. The van der Waals surface area contributed by atoms with Gasteiger partial charge in [0.2, 0.25) is 0 Å². The Hall–Kier alpha value is -4.88. The highest BCUT2D eigenvalue weighted by atomic mass is 16.5. The lowest BCUT2D eigenvalue weighted by Crippen LogP contribution is -2.05. The van der Waals surface area contributed by atoms with Crippen LogP contribution in [-0.2, 0) is 4.74 Å². The van der Waals surface area contributed by atoms with Crippen molar-refractivity contribution in [3.05, 3.63) is 219 Å². The van der Waals surface area contributed by atoms with Crippen LogP contribution in [0.1, 0.15) is 39.5 Å². The van der Waals surface area contributed by atoms with E-state index in [0.717, 1.165) is 48.0 Å². The molecule has 224 valence electrons. The summed E-state index contributed by atoms with van der Waals surface area (Å²) in [6, 6.07) is 0. The van der Waals surface area contributed by atoms with E-state index in [-0.39, 0.29) is 11.5 Å². The average Bonchev–Trinajstić information content (AvgIpc) is 2.99. The maximum atomic E-state index is 5.90. The first-order valence-corrected chi connectivity index (χ1v) is 13.9. The largest absolute Gasteiger partial charge is 0.457 e. The second-order valence-electron chi connectivity index (χ2n) is 10.4. The topological polar surface area (TPSA) is 9.23 Å². The first-order valence-electron chi connectivity index (χ1n) is 13.9. The van der Waals surface area contributed by atoms with Crippen molar-refractivity contribution in [3.63, 3.8) is 0 Å². The summed E-state index contributed by atoms with van der Waals surface area (Å²) < 4.78 is 5.90. The van der Waals surface area contributed by atoms with Gasteiger partial charge >= 0.3 is 0 Å². The molecule has 0 aromatic rings. The van der Waals surface area contributed by atoms with Crippen LogP contribution in [0.15, 0.2) is 219 Å². The van der Waals surface area contributed by atoms with E-state index in [9.17, 15) is 0 Å². The second kappa shape index (κ2) is 16.5. The van der Waals surface area contributed by atoms with Gasteiger partial charge in [-0.1, -0.05) is 145 Å². The molecule has 43 heavy (non-hydrogen) atoms. The minimum Gasteiger partial charge on any atom is -0.457 e. The molecule has 0 N–H and O–H groups in total. The number of hydrogen-bond acceptors (Lipinski definition) is 1. The van der Waals surface area contributed by atoms with Crippen LogP contribution in [0.2, 0.25) is 0 Å². The highest BCUT2D eigenvalue weighted by molar-refractivity contribution is 5.69. The molecule has 0 radical (unpaired) electrons. The summed E-state index contributed by atoms with van der Waals surface area (Å²) in [6.45, 7) is 78.1. The third-order valence-electron chi connectivity index (χ3n) is 7.25. The van der Waals surface area contributed by atoms with Crippen molar-refractivity contribution in [2.24, 2.45) is 0 Å². The van der Waals surface area contributed by atoms with E-state index in [1.54, 1.807) is 0 Å². The van der Waals surface area contributed by atoms with E-state index in [0.29, 0.717) is 66.9 Å². The fraction of sp³-hybridized carbons (Fsp3) is 0.143. The lowest BCUT2D eigenvalue weighted by Gasteiger charge is -2.22. The smallest absolute Gasteiger partial charge is 0.127 e. The van der Waals surface area contributed by atoms with Gasteiger partial charge in [0.25, 0.3) is 0 Å². The molecule has 1 heteroatoms. The Morgan fingerprint density at radius 3 is 0.698 bits per heavy atom. The van der Waals surface area contributed by atoms with Gasteiger partial charge in [0.05, 0.1) is 0 Å². The van der Waals surface area contributed by atoms with Crippen molar-refractivity contribution in [1.82, 2.24) is 0 Å². The lowest BCUT2D eigenvalue weighted by atomic mass is 9.85.